The number of carboxylic acid groups (broad SMARTS) is 1. The predicted molar refractivity (Wildman–Crippen MR) is 75.9 cm³/mol. The van der Waals surface area contributed by atoms with Crippen molar-refractivity contribution in [3.05, 3.63) is 40.5 Å². The monoisotopic (exact) mass is 273 g/mol. The van der Waals surface area contributed by atoms with Gasteiger partial charge in [0.25, 0.3) is 0 Å². The van der Waals surface area contributed by atoms with Crippen LogP contribution >= 0.6 is 11.3 Å². The first-order valence-corrected chi connectivity index (χ1v) is 7.34. The first-order chi connectivity index (χ1) is 9.19. The maximum Gasteiger partial charge on any atom is 0.356 e. The van der Waals surface area contributed by atoms with E-state index in [0.717, 1.165) is 21.9 Å². The lowest BCUT2D eigenvalue weighted by Gasteiger charge is -2.03. The number of benzene rings is 1. The highest BCUT2D eigenvalue weighted by Crippen LogP contribution is 2.42. The first-order valence-electron chi connectivity index (χ1n) is 6.52. The molecule has 0 bridgehead atoms. The van der Waals surface area contributed by atoms with Crippen LogP contribution in [0, 0.1) is 0 Å². The van der Waals surface area contributed by atoms with Gasteiger partial charge in [-0.25, -0.2) is 9.78 Å². The molecular formula is C15H15NO2S. The average Bonchev–Trinajstić information content (AvgIpc) is 3.17. The van der Waals surface area contributed by atoms with Gasteiger partial charge in [0.1, 0.15) is 0 Å². The minimum Gasteiger partial charge on any atom is -0.476 e. The van der Waals surface area contributed by atoms with E-state index < -0.39 is 5.97 Å². The summed E-state index contributed by atoms with van der Waals surface area (Å²) in [6.07, 6.45) is 3.27. The number of carbonyl (C=O) groups is 1. The smallest absolute Gasteiger partial charge is 0.356 e. The number of rotatable bonds is 4. The summed E-state index contributed by atoms with van der Waals surface area (Å²) in [5, 5.41) is 10.1. The molecule has 3 nitrogen and oxygen atoms in total. The van der Waals surface area contributed by atoms with Crippen molar-refractivity contribution in [3.8, 4) is 10.4 Å². The van der Waals surface area contributed by atoms with E-state index in [1.54, 1.807) is 0 Å². The van der Waals surface area contributed by atoms with Gasteiger partial charge in [-0.15, -0.1) is 11.3 Å². The van der Waals surface area contributed by atoms with Crippen LogP contribution in [-0.4, -0.2) is 16.1 Å². The first kappa shape index (κ1) is 12.4. The van der Waals surface area contributed by atoms with Gasteiger partial charge >= 0.3 is 5.97 Å². The van der Waals surface area contributed by atoms with Gasteiger partial charge in [0.15, 0.2) is 5.69 Å². The summed E-state index contributed by atoms with van der Waals surface area (Å²) in [5.74, 6) is -0.269. The van der Waals surface area contributed by atoms with E-state index >= 15 is 0 Å². The topological polar surface area (TPSA) is 50.2 Å². The summed E-state index contributed by atoms with van der Waals surface area (Å²) in [5.41, 5.74) is 2.49. The molecule has 1 fully saturated rings. The fourth-order valence-electron chi connectivity index (χ4n) is 2.21. The van der Waals surface area contributed by atoms with E-state index in [1.807, 2.05) is 19.1 Å². The van der Waals surface area contributed by atoms with Crippen molar-refractivity contribution in [1.82, 2.24) is 4.98 Å². The fraction of sp³-hybridized carbons (Fsp3) is 0.333. The highest BCUT2D eigenvalue weighted by Gasteiger charge is 2.24. The van der Waals surface area contributed by atoms with Crippen molar-refractivity contribution in [3.63, 3.8) is 0 Å². The SMILES string of the molecule is CCc1nc(C(=O)O)c(-c2cccc(C3CC3)c2)s1. The van der Waals surface area contributed by atoms with Crippen molar-refractivity contribution in [2.45, 2.75) is 32.1 Å². The zero-order valence-corrected chi connectivity index (χ0v) is 11.5. The van der Waals surface area contributed by atoms with E-state index in [-0.39, 0.29) is 5.69 Å². The Kier molecular flexibility index (Phi) is 3.11. The molecule has 0 radical (unpaired) electrons. The van der Waals surface area contributed by atoms with E-state index in [1.165, 1.54) is 29.7 Å². The highest BCUT2D eigenvalue weighted by atomic mass is 32.1. The minimum absolute atomic E-state index is 0.190. The summed E-state index contributed by atoms with van der Waals surface area (Å²) in [4.78, 5) is 16.3. The lowest BCUT2D eigenvalue weighted by molar-refractivity contribution is 0.0692. The zero-order chi connectivity index (χ0) is 13.4. The molecule has 0 unspecified atom stereocenters. The third kappa shape index (κ3) is 2.40. The molecular weight excluding hydrogens is 258 g/mol. The number of carboxylic acids is 1. The van der Waals surface area contributed by atoms with E-state index in [9.17, 15) is 9.90 Å². The average molecular weight is 273 g/mol. The van der Waals surface area contributed by atoms with Crippen molar-refractivity contribution >= 4 is 17.3 Å². The lowest BCUT2D eigenvalue weighted by Crippen LogP contribution is -1.99. The number of hydrogen-bond acceptors (Lipinski definition) is 3. The molecule has 1 aliphatic rings. The van der Waals surface area contributed by atoms with Crippen molar-refractivity contribution < 1.29 is 9.90 Å². The predicted octanol–water partition coefficient (Wildman–Crippen LogP) is 3.95. The Morgan fingerprint density at radius 2 is 2.26 bits per heavy atom. The molecule has 19 heavy (non-hydrogen) atoms. The van der Waals surface area contributed by atoms with Gasteiger partial charge in [-0.2, -0.15) is 0 Å². The van der Waals surface area contributed by atoms with E-state index in [2.05, 4.69) is 17.1 Å². The number of hydrogen-bond donors (Lipinski definition) is 1. The Hall–Kier alpha value is -1.68. The number of thiazole rings is 1. The Balaban J connectivity index is 2.07. The van der Waals surface area contributed by atoms with Crippen LogP contribution in [0.3, 0.4) is 0 Å². The maximum absolute atomic E-state index is 11.3. The quantitative estimate of drug-likeness (QED) is 0.917. The molecule has 3 rings (SSSR count). The van der Waals surface area contributed by atoms with Crippen LogP contribution in [0.25, 0.3) is 10.4 Å². The largest absolute Gasteiger partial charge is 0.476 e. The molecule has 1 aliphatic carbocycles. The van der Waals surface area contributed by atoms with Gasteiger partial charge < -0.3 is 5.11 Å². The maximum atomic E-state index is 11.3. The molecule has 1 aromatic carbocycles. The highest BCUT2D eigenvalue weighted by molar-refractivity contribution is 7.15. The molecule has 1 aromatic heterocycles. The summed E-state index contributed by atoms with van der Waals surface area (Å²) in [6, 6.07) is 8.24. The minimum atomic E-state index is -0.942. The van der Waals surface area contributed by atoms with Crippen molar-refractivity contribution in [2.24, 2.45) is 0 Å². The van der Waals surface area contributed by atoms with Crippen LogP contribution in [0.5, 0.6) is 0 Å². The molecule has 2 aromatic rings. The van der Waals surface area contributed by atoms with Crippen molar-refractivity contribution in [1.29, 1.82) is 0 Å². The van der Waals surface area contributed by atoms with Crippen LogP contribution < -0.4 is 0 Å². The fourth-order valence-corrected chi connectivity index (χ4v) is 3.20. The molecule has 4 heteroatoms. The lowest BCUT2D eigenvalue weighted by atomic mass is 10.1. The summed E-state index contributed by atoms with van der Waals surface area (Å²) < 4.78 is 0. The molecule has 0 amide bonds. The van der Waals surface area contributed by atoms with Gasteiger partial charge in [-0.05, 0) is 42.4 Å². The summed E-state index contributed by atoms with van der Waals surface area (Å²) >= 11 is 1.49. The normalized spacial score (nSPS) is 14.6. The molecule has 0 atom stereocenters. The molecule has 0 saturated heterocycles. The second kappa shape index (κ2) is 4.78. The number of nitrogens with zero attached hydrogens (tertiary/aromatic N) is 1. The molecule has 0 aliphatic heterocycles. The summed E-state index contributed by atoms with van der Waals surface area (Å²) in [6.45, 7) is 1.99. The van der Waals surface area contributed by atoms with Gasteiger partial charge in [0.2, 0.25) is 0 Å². The van der Waals surface area contributed by atoms with Gasteiger partial charge in [0.05, 0.1) is 9.88 Å². The Morgan fingerprint density at radius 1 is 1.47 bits per heavy atom. The van der Waals surface area contributed by atoms with Gasteiger partial charge in [-0.3, -0.25) is 0 Å². The molecule has 1 heterocycles. The van der Waals surface area contributed by atoms with Gasteiger partial charge in [-0.1, -0.05) is 25.1 Å². The third-order valence-electron chi connectivity index (χ3n) is 3.37. The third-order valence-corrected chi connectivity index (χ3v) is 4.62. The van der Waals surface area contributed by atoms with Crippen molar-refractivity contribution in [2.75, 3.05) is 0 Å². The van der Waals surface area contributed by atoms with E-state index in [4.69, 9.17) is 0 Å². The Bertz CT molecular complexity index is 629. The van der Waals surface area contributed by atoms with Crippen LogP contribution in [-0.2, 0) is 6.42 Å². The second-order valence-electron chi connectivity index (χ2n) is 4.84. The molecule has 0 spiro atoms. The Morgan fingerprint density at radius 3 is 2.89 bits per heavy atom. The van der Waals surface area contributed by atoms with Crippen LogP contribution in [0.4, 0.5) is 0 Å². The number of aryl methyl sites for hydroxylation is 1. The number of aromatic carboxylic acids is 1. The van der Waals surface area contributed by atoms with E-state index in [0.29, 0.717) is 5.92 Å². The zero-order valence-electron chi connectivity index (χ0n) is 10.7. The summed E-state index contributed by atoms with van der Waals surface area (Å²) in [7, 11) is 0. The molecule has 98 valence electrons. The molecule has 1 N–H and O–H groups in total. The Labute approximate surface area is 115 Å². The molecule has 1 saturated carbocycles. The van der Waals surface area contributed by atoms with Crippen LogP contribution in [0.2, 0.25) is 0 Å². The van der Waals surface area contributed by atoms with Crippen LogP contribution in [0.15, 0.2) is 24.3 Å². The second-order valence-corrected chi connectivity index (χ2v) is 5.93. The standard InChI is InChI=1S/C15H15NO2S/c1-2-12-16-13(15(17)18)14(19-12)11-5-3-4-10(8-11)9-6-7-9/h3-5,8-9H,2,6-7H2,1H3,(H,17,18). The van der Waals surface area contributed by atoms with Crippen LogP contribution in [0.1, 0.15) is 46.7 Å². The van der Waals surface area contributed by atoms with Gasteiger partial charge in [0, 0.05) is 0 Å². The number of aromatic nitrogens is 1.